The van der Waals surface area contributed by atoms with Crippen LogP contribution in [0.2, 0.25) is 0 Å². The van der Waals surface area contributed by atoms with Gasteiger partial charge in [-0.15, -0.1) is 22.9 Å². The summed E-state index contributed by atoms with van der Waals surface area (Å²) in [7, 11) is 0. The van der Waals surface area contributed by atoms with Crippen LogP contribution in [0.25, 0.3) is 0 Å². The molecule has 1 aromatic heterocycles. The van der Waals surface area contributed by atoms with E-state index in [4.69, 9.17) is 11.6 Å². The first-order valence-electron chi connectivity index (χ1n) is 4.84. The van der Waals surface area contributed by atoms with Gasteiger partial charge >= 0.3 is 0 Å². The smallest absolute Gasteiger partial charge is 0.0939 e. The lowest BCUT2D eigenvalue weighted by Gasteiger charge is -2.10. The molecule has 0 nitrogen and oxygen atoms in total. The van der Waals surface area contributed by atoms with E-state index >= 15 is 0 Å². The number of alkyl halides is 1. The second-order valence-corrected chi connectivity index (χ2v) is 7.93. The standard InChI is InChI=1S/C12H8Br3ClS/c1-6-10(15)5-11(17-6)12(16)8-4-7(13)2-3-9(8)14/h2-5,12H,1H3. The molecule has 0 spiro atoms. The second kappa shape index (κ2) is 5.74. The Balaban J connectivity index is 2.42. The molecule has 1 heterocycles. The van der Waals surface area contributed by atoms with E-state index in [-0.39, 0.29) is 5.38 Å². The molecule has 0 aliphatic rings. The molecule has 2 rings (SSSR count). The van der Waals surface area contributed by atoms with Gasteiger partial charge in [0.2, 0.25) is 0 Å². The maximum atomic E-state index is 6.53. The minimum atomic E-state index is -0.128. The summed E-state index contributed by atoms with van der Waals surface area (Å²) in [4.78, 5) is 2.40. The Hall–Kier alpha value is 0.650. The summed E-state index contributed by atoms with van der Waals surface area (Å²) >= 11 is 18.8. The van der Waals surface area contributed by atoms with Gasteiger partial charge < -0.3 is 0 Å². The van der Waals surface area contributed by atoms with Crippen LogP contribution < -0.4 is 0 Å². The molecule has 90 valence electrons. The van der Waals surface area contributed by atoms with Crippen LogP contribution in [-0.4, -0.2) is 0 Å². The van der Waals surface area contributed by atoms with Gasteiger partial charge in [-0.05, 0) is 52.7 Å². The average molecular weight is 459 g/mol. The Morgan fingerprint density at radius 2 is 1.82 bits per heavy atom. The molecule has 0 radical (unpaired) electrons. The molecule has 0 saturated carbocycles. The van der Waals surface area contributed by atoms with Crippen molar-refractivity contribution in [2.24, 2.45) is 0 Å². The monoisotopic (exact) mass is 456 g/mol. The van der Waals surface area contributed by atoms with Crippen molar-refractivity contribution in [2.75, 3.05) is 0 Å². The maximum absolute atomic E-state index is 6.53. The van der Waals surface area contributed by atoms with Crippen molar-refractivity contribution < 1.29 is 0 Å². The van der Waals surface area contributed by atoms with Crippen molar-refractivity contribution >= 4 is 70.7 Å². The number of benzene rings is 1. The summed E-state index contributed by atoms with van der Waals surface area (Å²) in [5.74, 6) is 0. The highest BCUT2D eigenvalue weighted by atomic mass is 79.9. The van der Waals surface area contributed by atoms with Crippen LogP contribution in [0.3, 0.4) is 0 Å². The molecule has 0 amide bonds. The van der Waals surface area contributed by atoms with Gasteiger partial charge in [0.25, 0.3) is 0 Å². The van der Waals surface area contributed by atoms with Gasteiger partial charge in [-0.2, -0.15) is 0 Å². The molecule has 0 aliphatic heterocycles. The molecule has 5 heteroatoms. The molecule has 0 fully saturated rings. The first-order valence-corrected chi connectivity index (χ1v) is 8.47. The molecule has 1 unspecified atom stereocenters. The maximum Gasteiger partial charge on any atom is 0.0939 e. The predicted octanol–water partition coefficient (Wildman–Crippen LogP) is 6.67. The predicted molar refractivity (Wildman–Crippen MR) is 86.3 cm³/mol. The number of halogens is 4. The molecule has 0 bridgehead atoms. The summed E-state index contributed by atoms with van der Waals surface area (Å²) in [6.45, 7) is 2.08. The van der Waals surface area contributed by atoms with Crippen LogP contribution in [-0.2, 0) is 0 Å². The van der Waals surface area contributed by atoms with Crippen LogP contribution in [0.5, 0.6) is 0 Å². The number of rotatable bonds is 2. The van der Waals surface area contributed by atoms with Crippen molar-refractivity contribution in [3.05, 3.63) is 53.0 Å². The summed E-state index contributed by atoms with van der Waals surface area (Å²) < 4.78 is 3.19. The van der Waals surface area contributed by atoms with E-state index in [0.717, 1.165) is 23.9 Å². The van der Waals surface area contributed by atoms with E-state index in [9.17, 15) is 0 Å². The summed E-state index contributed by atoms with van der Waals surface area (Å²) in [5, 5.41) is -0.128. The molecular weight excluding hydrogens is 451 g/mol. The first kappa shape index (κ1) is 14.1. The van der Waals surface area contributed by atoms with Gasteiger partial charge in [0.1, 0.15) is 0 Å². The fourth-order valence-corrected chi connectivity index (χ4v) is 4.39. The first-order chi connectivity index (χ1) is 7.99. The number of thiophene rings is 1. The molecule has 0 saturated heterocycles. The van der Waals surface area contributed by atoms with Crippen LogP contribution in [0, 0.1) is 6.92 Å². The van der Waals surface area contributed by atoms with Gasteiger partial charge in [0.15, 0.2) is 0 Å². The topological polar surface area (TPSA) is 0 Å². The van der Waals surface area contributed by atoms with Gasteiger partial charge in [-0.25, -0.2) is 0 Å². The van der Waals surface area contributed by atoms with Gasteiger partial charge in [0.05, 0.1) is 5.38 Å². The van der Waals surface area contributed by atoms with Crippen molar-refractivity contribution in [3.8, 4) is 0 Å². The van der Waals surface area contributed by atoms with E-state index in [1.807, 2.05) is 18.2 Å². The average Bonchev–Trinajstić information content (AvgIpc) is 2.62. The van der Waals surface area contributed by atoms with Crippen LogP contribution in [0.15, 0.2) is 37.7 Å². The van der Waals surface area contributed by atoms with Crippen LogP contribution in [0.4, 0.5) is 0 Å². The minimum Gasteiger partial charge on any atom is -0.143 e. The zero-order valence-electron chi connectivity index (χ0n) is 8.81. The van der Waals surface area contributed by atoms with Gasteiger partial charge in [-0.1, -0.05) is 31.9 Å². The minimum absolute atomic E-state index is 0.128. The van der Waals surface area contributed by atoms with E-state index < -0.39 is 0 Å². The number of hydrogen-bond donors (Lipinski definition) is 0. The van der Waals surface area contributed by atoms with E-state index in [0.29, 0.717) is 0 Å². The Bertz CT molecular complexity index is 531. The summed E-state index contributed by atoms with van der Waals surface area (Å²) in [5.41, 5.74) is 1.08. The van der Waals surface area contributed by atoms with E-state index in [2.05, 4.69) is 60.8 Å². The highest BCUT2D eigenvalue weighted by Gasteiger charge is 2.17. The Morgan fingerprint density at radius 3 is 2.41 bits per heavy atom. The molecule has 0 N–H and O–H groups in total. The lowest BCUT2D eigenvalue weighted by Crippen LogP contribution is -1.91. The fourth-order valence-electron chi connectivity index (χ4n) is 1.47. The van der Waals surface area contributed by atoms with Crippen molar-refractivity contribution in [3.63, 3.8) is 0 Å². The lowest BCUT2D eigenvalue weighted by atomic mass is 10.1. The van der Waals surface area contributed by atoms with Gasteiger partial charge in [0, 0.05) is 23.2 Å². The quantitative estimate of drug-likeness (QED) is 0.440. The third kappa shape index (κ3) is 3.16. The van der Waals surface area contributed by atoms with Crippen LogP contribution in [0.1, 0.15) is 20.7 Å². The molecule has 1 aromatic carbocycles. The van der Waals surface area contributed by atoms with Crippen LogP contribution >= 0.6 is 70.7 Å². The largest absolute Gasteiger partial charge is 0.143 e. The Morgan fingerprint density at radius 1 is 1.12 bits per heavy atom. The zero-order chi connectivity index (χ0) is 12.6. The third-order valence-electron chi connectivity index (χ3n) is 2.36. The molecule has 1 atom stereocenters. The highest BCUT2D eigenvalue weighted by Crippen LogP contribution is 2.40. The molecule has 17 heavy (non-hydrogen) atoms. The number of aryl methyl sites for hydroxylation is 1. The normalized spacial score (nSPS) is 12.8. The lowest BCUT2D eigenvalue weighted by molar-refractivity contribution is 1.16. The summed E-state index contributed by atoms with van der Waals surface area (Å²) in [6.07, 6.45) is 0. The second-order valence-electron chi connectivity index (χ2n) is 3.58. The molecular formula is C12H8Br3ClS. The number of hydrogen-bond acceptors (Lipinski definition) is 1. The third-order valence-corrected chi connectivity index (χ3v) is 6.37. The van der Waals surface area contributed by atoms with Crippen molar-refractivity contribution in [2.45, 2.75) is 12.3 Å². The van der Waals surface area contributed by atoms with Crippen molar-refractivity contribution in [1.29, 1.82) is 0 Å². The zero-order valence-corrected chi connectivity index (χ0v) is 15.1. The Kier molecular flexibility index (Phi) is 4.75. The SMILES string of the molecule is Cc1sc(C(Cl)c2cc(Br)ccc2Br)cc1Br. The summed E-state index contributed by atoms with van der Waals surface area (Å²) in [6, 6.07) is 8.13. The van der Waals surface area contributed by atoms with E-state index in [1.54, 1.807) is 11.3 Å². The highest BCUT2D eigenvalue weighted by molar-refractivity contribution is 9.11. The molecule has 0 aliphatic carbocycles. The van der Waals surface area contributed by atoms with Crippen molar-refractivity contribution in [1.82, 2.24) is 0 Å². The van der Waals surface area contributed by atoms with Gasteiger partial charge in [-0.3, -0.25) is 0 Å². The van der Waals surface area contributed by atoms with E-state index in [1.165, 1.54) is 4.88 Å². The fraction of sp³-hybridized carbons (Fsp3) is 0.167. The molecule has 2 aromatic rings. The Labute approximate surface area is 135 Å².